The van der Waals surface area contributed by atoms with Crippen molar-refractivity contribution in [2.24, 2.45) is 5.92 Å². The number of hydrogen-bond donors (Lipinski definition) is 1. The van der Waals surface area contributed by atoms with Gasteiger partial charge >= 0.3 is 0 Å². The van der Waals surface area contributed by atoms with E-state index in [4.69, 9.17) is 4.42 Å². The van der Waals surface area contributed by atoms with Gasteiger partial charge in [-0.2, -0.15) is 0 Å². The maximum atomic E-state index is 6.06. The number of fused-ring (bicyclic) bond motifs is 1. The lowest BCUT2D eigenvalue weighted by atomic mass is 9.80. The maximum absolute atomic E-state index is 6.06. The average molecular weight is 243 g/mol. The van der Waals surface area contributed by atoms with E-state index >= 15 is 0 Å². The van der Waals surface area contributed by atoms with E-state index < -0.39 is 0 Å². The molecule has 0 bridgehead atoms. The van der Waals surface area contributed by atoms with Gasteiger partial charge in [-0.1, -0.05) is 37.5 Å². The zero-order valence-electron chi connectivity index (χ0n) is 11.2. The van der Waals surface area contributed by atoms with Crippen molar-refractivity contribution in [2.75, 3.05) is 7.05 Å². The number of nitrogens with one attached hydrogen (secondary N) is 1. The second-order valence-electron chi connectivity index (χ2n) is 5.52. The van der Waals surface area contributed by atoms with E-state index in [1.54, 1.807) is 0 Å². The molecule has 1 aliphatic rings. The molecule has 96 valence electrons. The van der Waals surface area contributed by atoms with Crippen LogP contribution in [0, 0.1) is 12.8 Å². The normalized spacial score (nSPS) is 17.9. The highest BCUT2D eigenvalue weighted by Crippen LogP contribution is 2.36. The maximum Gasteiger partial charge on any atom is 0.137 e. The van der Waals surface area contributed by atoms with Crippen molar-refractivity contribution in [3.05, 3.63) is 35.6 Å². The van der Waals surface area contributed by atoms with Crippen molar-refractivity contribution in [3.63, 3.8) is 0 Å². The molecule has 1 N–H and O–H groups in total. The van der Waals surface area contributed by atoms with E-state index in [9.17, 15) is 0 Å². The fraction of sp³-hybridized carbons (Fsp3) is 0.500. The summed E-state index contributed by atoms with van der Waals surface area (Å²) < 4.78 is 6.06. The summed E-state index contributed by atoms with van der Waals surface area (Å²) in [6, 6.07) is 8.89. The Bertz CT molecular complexity index is 539. The third kappa shape index (κ3) is 2.05. The number of para-hydroxylation sites is 1. The minimum absolute atomic E-state index is 0.363. The Morgan fingerprint density at radius 2 is 2.22 bits per heavy atom. The predicted molar refractivity (Wildman–Crippen MR) is 74.7 cm³/mol. The second kappa shape index (κ2) is 4.77. The molecule has 0 radical (unpaired) electrons. The molecule has 2 nitrogen and oxygen atoms in total. The summed E-state index contributed by atoms with van der Waals surface area (Å²) >= 11 is 0. The summed E-state index contributed by atoms with van der Waals surface area (Å²) in [5, 5.41) is 4.63. The zero-order chi connectivity index (χ0) is 12.5. The number of aryl methyl sites for hydroxylation is 1. The van der Waals surface area contributed by atoms with Gasteiger partial charge in [0, 0.05) is 5.39 Å². The molecule has 0 aliphatic heterocycles. The zero-order valence-corrected chi connectivity index (χ0v) is 11.2. The Balaban J connectivity index is 1.89. The molecule has 1 fully saturated rings. The summed E-state index contributed by atoms with van der Waals surface area (Å²) in [6.07, 6.45) is 5.38. The first kappa shape index (κ1) is 11.8. The summed E-state index contributed by atoms with van der Waals surface area (Å²) in [7, 11) is 2.03. The van der Waals surface area contributed by atoms with Crippen LogP contribution in [0.4, 0.5) is 0 Å². The quantitative estimate of drug-likeness (QED) is 0.871. The Hall–Kier alpha value is -1.28. The van der Waals surface area contributed by atoms with Crippen LogP contribution in [-0.4, -0.2) is 7.05 Å². The van der Waals surface area contributed by atoms with Crippen LogP contribution in [0.2, 0.25) is 0 Å². The molecule has 1 atom stereocenters. The Morgan fingerprint density at radius 3 is 2.83 bits per heavy atom. The molecule has 1 aromatic carbocycles. The van der Waals surface area contributed by atoms with Gasteiger partial charge in [-0.25, -0.2) is 0 Å². The standard InChI is InChI=1S/C16H21NO/c1-11-5-3-8-13-10-15(18-16(11)13)14(17-2)9-12-6-4-7-12/h3,5,8,10,12,14,17H,4,6-7,9H2,1-2H3. The third-order valence-corrected chi connectivity index (χ3v) is 4.25. The van der Waals surface area contributed by atoms with Crippen molar-refractivity contribution < 1.29 is 4.42 Å². The molecule has 2 aromatic rings. The molecule has 0 saturated heterocycles. The highest BCUT2D eigenvalue weighted by molar-refractivity contribution is 5.80. The lowest BCUT2D eigenvalue weighted by molar-refractivity contribution is 0.253. The molecule has 1 aromatic heterocycles. The van der Waals surface area contributed by atoms with Crippen molar-refractivity contribution >= 4 is 11.0 Å². The molecule has 2 heteroatoms. The first-order valence-corrected chi connectivity index (χ1v) is 6.94. The van der Waals surface area contributed by atoms with E-state index in [2.05, 4.69) is 36.5 Å². The van der Waals surface area contributed by atoms with E-state index in [1.165, 1.54) is 36.6 Å². The van der Waals surface area contributed by atoms with Gasteiger partial charge in [-0.05, 0) is 37.9 Å². The van der Waals surface area contributed by atoms with Gasteiger partial charge < -0.3 is 9.73 Å². The summed E-state index contributed by atoms with van der Waals surface area (Å²) in [5.74, 6) is 1.98. The minimum Gasteiger partial charge on any atom is -0.459 e. The van der Waals surface area contributed by atoms with Crippen LogP contribution in [0.3, 0.4) is 0 Å². The summed E-state index contributed by atoms with van der Waals surface area (Å²) in [5.41, 5.74) is 2.26. The Labute approximate surface area is 108 Å². The van der Waals surface area contributed by atoms with Gasteiger partial charge in [-0.15, -0.1) is 0 Å². The van der Waals surface area contributed by atoms with Crippen LogP contribution in [0.15, 0.2) is 28.7 Å². The molecular weight excluding hydrogens is 222 g/mol. The van der Waals surface area contributed by atoms with Crippen LogP contribution in [0.5, 0.6) is 0 Å². The molecule has 0 amide bonds. The number of rotatable bonds is 4. The van der Waals surface area contributed by atoms with Gasteiger partial charge in [0.25, 0.3) is 0 Å². The van der Waals surface area contributed by atoms with Crippen molar-refractivity contribution in [2.45, 2.75) is 38.6 Å². The van der Waals surface area contributed by atoms with Crippen molar-refractivity contribution in [1.82, 2.24) is 5.32 Å². The van der Waals surface area contributed by atoms with Crippen LogP contribution < -0.4 is 5.32 Å². The van der Waals surface area contributed by atoms with Crippen LogP contribution in [0.1, 0.15) is 43.0 Å². The largest absolute Gasteiger partial charge is 0.459 e. The fourth-order valence-electron chi connectivity index (χ4n) is 2.84. The monoisotopic (exact) mass is 243 g/mol. The first-order valence-electron chi connectivity index (χ1n) is 6.94. The molecule has 1 unspecified atom stereocenters. The van der Waals surface area contributed by atoms with Gasteiger partial charge in [0.2, 0.25) is 0 Å². The molecule has 0 spiro atoms. The SMILES string of the molecule is CNC(CC1CCC1)c1cc2cccc(C)c2o1. The predicted octanol–water partition coefficient (Wildman–Crippen LogP) is 4.19. The first-order chi connectivity index (χ1) is 8.78. The van der Waals surface area contributed by atoms with Gasteiger partial charge in [0.05, 0.1) is 6.04 Å². The topological polar surface area (TPSA) is 25.2 Å². The lowest BCUT2D eigenvalue weighted by Gasteiger charge is -2.28. The van der Waals surface area contributed by atoms with Crippen LogP contribution in [0.25, 0.3) is 11.0 Å². The van der Waals surface area contributed by atoms with Crippen molar-refractivity contribution in [3.8, 4) is 0 Å². The molecule has 1 saturated carbocycles. The number of hydrogen-bond acceptors (Lipinski definition) is 2. The van der Waals surface area contributed by atoms with Gasteiger partial charge in [-0.3, -0.25) is 0 Å². The van der Waals surface area contributed by atoms with E-state index in [1.807, 2.05) is 7.05 Å². The summed E-state index contributed by atoms with van der Waals surface area (Å²) in [4.78, 5) is 0. The number of furan rings is 1. The molecule has 1 aliphatic carbocycles. The highest BCUT2D eigenvalue weighted by Gasteiger charge is 2.24. The van der Waals surface area contributed by atoms with Gasteiger partial charge in [0.1, 0.15) is 11.3 Å². The van der Waals surface area contributed by atoms with Gasteiger partial charge in [0.15, 0.2) is 0 Å². The molecular formula is C16H21NO. The molecule has 1 heterocycles. The average Bonchev–Trinajstić information content (AvgIpc) is 2.73. The Morgan fingerprint density at radius 1 is 1.39 bits per heavy atom. The molecule has 3 rings (SSSR count). The second-order valence-corrected chi connectivity index (χ2v) is 5.52. The third-order valence-electron chi connectivity index (χ3n) is 4.25. The van der Waals surface area contributed by atoms with Crippen LogP contribution >= 0.6 is 0 Å². The van der Waals surface area contributed by atoms with E-state index in [0.29, 0.717) is 6.04 Å². The number of benzene rings is 1. The fourth-order valence-corrected chi connectivity index (χ4v) is 2.84. The van der Waals surface area contributed by atoms with Crippen molar-refractivity contribution in [1.29, 1.82) is 0 Å². The highest BCUT2D eigenvalue weighted by atomic mass is 16.3. The van der Waals surface area contributed by atoms with Crippen LogP contribution in [-0.2, 0) is 0 Å². The lowest BCUT2D eigenvalue weighted by Crippen LogP contribution is -2.22. The summed E-state index contributed by atoms with van der Waals surface area (Å²) in [6.45, 7) is 2.11. The Kier molecular flexibility index (Phi) is 3.13. The van der Waals surface area contributed by atoms with E-state index in [-0.39, 0.29) is 0 Å². The smallest absolute Gasteiger partial charge is 0.137 e. The minimum atomic E-state index is 0.363. The molecule has 18 heavy (non-hydrogen) atoms. The van der Waals surface area contributed by atoms with E-state index in [0.717, 1.165) is 17.3 Å².